The Labute approximate surface area is 169 Å². The monoisotopic (exact) mass is 386 g/mol. The van der Waals surface area contributed by atoms with Crippen molar-refractivity contribution in [3.63, 3.8) is 0 Å². The molecule has 0 bridgehead atoms. The molecule has 29 heavy (non-hydrogen) atoms. The molecule has 5 nitrogen and oxygen atoms in total. The molecule has 3 aromatic rings. The highest BCUT2D eigenvalue weighted by molar-refractivity contribution is 5.52. The van der Waals surface area contributed by atoms with Crippen LogP contribution in [-0.4, -0.2) is 22.3 Å². The molecule has 2 aromatic carbocycles. The highest BCUT2D eigenvalue weighted by atomic mass is 16.5. The van der Waals surface area contributed by atoms with Gasteiger partial charge in [0.25, 0.3) is 0 Å². The van der Waals surface area contributed by atoms with E-state index in [4.69, 9.17) is 15.1 Å². The maximum atomic E-state index is 11.9. The molecular formula is C24H22N2O3. The van der Waals surface area contributed by atoms with E-state index in [0.29, 0.717) is 17.7 Å². The zero-order valence-electron chi connectivity index (χ0n) is 16.1. The first kappa shape index (κ1) is 19.1. The molecule has 1 aliphatic carbocycles. The second-order valence-corrected chi connectivity index (χ2v) is 7.26. The Morgan fingerprint density at radius 3 is 2.48 bits per heavy atom. The first-order valence-electron chi connectivity index (χ1n) is 9.55. The molecule has 1 aromatic heterocycles. The Kier molecular flexibility index (Phi) is 4.83. The van der Waals surface area contributed by atoms with Gasteiger partial charge < -0.3 is 14.9 Å². The Hall–Kier alpha value is -3.20. The van der Waals surface area contributed by atoms with Gasteiger partial charge in [-0.3, -0.25) is 4.98 Å². The number of benzene rings is 2. The summed E-state index contributed by atoms with van der Waals surface area (Å²) in [6, 6.07) is 21.6. The number of aliphatic hydroxyl groups is 2. The lowest BCUT2D eigenvalue weighted by atomic mass is 9.72. The fourth-order valence-electron chi connectivity index (χ4n) is 4.88. The second kappa shape index (κ2) is 7.32. The minimum Gasteiger partial charge on any atom is -0.476 e. The number of hydrogen-bond donors (Lipinski definition) is 2. The van der Waals surface area contributed by atoms with Crippen molar-refractivity contribution in [3.8, 4) is 11.8 Å². The summed E-state index contributed by atoms with van der Waals surface area (Å²) in [6.45, 7) is 0. The summed E-state index contributed by atoms with van der Waals surface area (Å²) in [5.74, 6) is 0.619. The van der Waals surface area contributed by atoms with E-state index in [2.05, 4.69) is 23.2 Å². The number of hydrogen-bond acceptors (Lipinski definition) is 5. The number of ether oxygens (including phenoxy) is 1. The van der Waals surface area contributed by atoms with E-state index in [-0.39, 0.29) is 5.92 Å². The van der Waals surface area contributed by atoms with Crippen molar-refractivity contribution in [2.45, 2.75) is 30.0 Å². The molecule has 146 valence electrons. The lowest BCUT2D eigenvalue weighted by Crippen LogP contribution is -2.48. The van der Waals surface area contributed by atoms with E-state index in [0.717, 1.165) is 30.2 Å². The van der Waals surface area contributed by atoms with Crippen LogP contribution in [0.1, 0.15) is 41.0 Å². The van der Waals surface area contributed by atoms with Gasteiger partial charge >= 0.3 is 0 Å². The van der Waals surface area contributed by atoms with Gasteiger partial charge in [0, 0.05) is 24.8 Å². The summed E-state index contributed by atoms with van der Waals surface area (Å²) in [5, 5.41) is 28.1. The van der Waals surface area contributed by atoms with Crippen LogP contribution in [0.3, 0.4) is 0 Å². The zero-order chi connectivity index (χ0) is 20.5. The minimum atomic E-state index is -1.14. The number of nitriles is 1. The van der Waals surface area contributed by atoms with Gasteiger partial charge in [-0.25, -0.2) is 0 Å². The Balaban J connectivity index is 0.000000994. The quantitative estimate of drug-likeness (QED) is 0.703. The van der Waals surface area contributed by atoms with Crippen molar-refractivity contribution in [3.05, 3.63) is 95.3 Å². The third-order valence-electron chi connectivity index (χ3n) is 6.05. The van der Waals surface area contributed by atoms with Crippen LogP contribution in [0.5, 0.6) is 5.75 Å². The third-order valence-corrected chi connectivity index (χ3v) is 6.05. The Bertz CT molecular complexity index is 1050. The number of nitrogens with zero attached hydrogens (tertiary/aromatic N) is 2. The summed E-state index contributed by atoms with van der Waals surface area (Å²) in [4.78, 5) is 4.19. The normalized spacial score (nSPS) is 26.3. The van der Waals surface area contributed by atoms with Crippen LogP contribution in [0.25, 0.3) is 0 Å². The smallest absolute Gasteiger partial charge is 0.174 e. The molecule has 5 heteroatoms. The van der Waals surface area contributed by atoms with Gasteiger partial charge in [-0.05, 0) is 42.2 Å². The van der Waals surface area contributed by atoms with E-state index in [1.165, 1.54) is 0 Å². The van der Waals surface area contributed by atoms with E-state index >= 15 is 0 Å². The Morgan fingerprint density at radius 2 is 1.79 bits per heavy atom. The molecule has 0 radical (unpaired) electrons. The van der Waals surface area contributed by atoms with E-state index in [1.54, 1.807) is 24.5 Å². The molecule has 1 saturated carbocycles. The molecule has 3 unspecified atom stereocenters. The fraction of sp³-hybridized carbons (Fsp3) is 0.250. The summed E-state index contributed by atoms with van der Waals surface area (Å²) >= 11 is 0. The maximum Gasteiger partial charge on any atom is 0.174 e. The molecule has 1 fully saturated rings. The molecular weight excluding hydrogens is 364 g/mol. The van der Waals surface area contributed by atoms with Crippen LogP contribution in [0.4, 0.5) is 0 Å². The van der Waals surface area contributed by atoms with Crippen LogP contribution < -0.4 is 4.74 Å². The molecule has 1 aliphatic heterocycles. The van der Waals surface area contributed by atoms with Crippen LogP contribution in [-0.2, 0) is 11.2 Å². The van der Waals surface area contributed by atoms with Crippen molar-refractivity contribution in [2.24, 2.45) is 0 Å². The predicted molar refractivity (Wildman–Crippen MR) is 108 cm³/mol. The molecule has 2 heterocycles. The molecule has 2 aliphatic rings. The number of fused-ring (bicyclic) bond motifs is 3. The Morgan fingerprint density at radius 1 is 1.07 bits per heavy atom. The van der Waals surface area contributed by atoms with Gasteiger partial charge in [-0.1, -0.05) is 42.5 Å². The molecule has 2 N–H and O–H groups in total. The molecule has 5 rings (SSSR count). The largest absolute Gasteiger partial charge is 0.476 e. The van der Waals surface area contributed by atoms with E-state index in [9.17, 15) is 5.11 Å². The van der Waals surface area contributed by atoms with Crippen molar-refractivity contribution >= 4 is 0 Å². The SMILES string of the molecule is CO.N#Cc1ccc(C23Oc4cnccc4C2(O)CCC3c2ccccc2)cc1. The first-order chi connectivity index (χ1) is 14.2. The summed E-state index contributed by atoms with van der Waals surface area (Å²) in [5.41, 5.74) is 1.32. The number of rotatable bonds is 2. The van der Waals surface area contributed by atoms with Crippen LogP contribution in [0, 0.1) is 11.3 Å². The zero-order valence-corrected chi connectivity index (χ0v) is 16.1. The summed E-state index contributed by atoms with van der Waals surface area (Å²) in [7, 11) is 1.00. The van der Waals surface area contributed by atoms with Crippen molar-refractivity contribution in [1.82, 2.24) is 4.98 Å². The first-order valence-corrected chi connectivity index (χ1v) is 9.55. The average Bonchev–Trinajstić information content (AvgIpc) is 3.23. The summed E-state index contributed by atoms with van der Waals surface area (Å²) < 4.78 is 6.55. The molecule has 0 amide bonds. The minimum absolute atomic E-state index is 0.0102. The lowest BCUT2D eigenvalue weighted by molar-refractivity contribution is -0.105. The topological polar surface area (TPSA) is 86.4 Å². The average molecular weight is 386 g/mol. The van der Waals surface area contributed by atoms with E-state index in [1.807, 2.05) is 36.4 Å². The van der Waals surface area contributed by atoms with E-state index < -0.39 is 11.2 Å². The van der Waals surface area contributed by atoms with Crippen LogP contribution >= 0.6 is 0 Å². The van der Waals surface area contributed by atoms with Gasteiger partial charge in [0.05, 0.1) is 17.8 Å². The molecule has 3 atom stereocenters. The second-order valence-electron chi connectivity index (χ2n) is 7.26. The van der Waals surface area contributed by atoms with Gasteiger partial charge in [0.1, 0.15) is 11.4 Å². The number of pyridine rings is 1. The van der Waals surface area contributed by atoms with Crippen molar-refractivity contribution < 1.29 is 14.9 Å². The number of aliphatic hydroxyl groups excluding tert-OH is 1. The van der Waals surface area contributed by atoms with Crippen LogP contribution in [0.2, 0.25) is 0 Å². The standard InChI is InChI=1S/C23H18N2O2.CH4O/c24-14-16-6-8-18(9-7-16)23-19(17-4-2-1-3-5-17)10-12-22(23,26)20-11-13-25-15-21(20)27-23;1-2/h1-9,11,13,15,19,26H,10,12H2;2H,1H3. The van der Waals surface area contributed by atoms with Crippen LogP contribution in [0.15, 0.2) is 73.1 Å². The van der Waals surface area contributed by atoms with Crippen molar-refractivity contribution in [2.75, 3.05) is 7.11 Å². The van der Waals surface area contributed by atoms with Gasteiger partial charge in [-0.2, -0.15) is 5.26 Å². The third kappa shape index (κ3) is 2.65. The molecule has 0 spiro atoms. The molecule has 0 saturated heterocycles. The highest BCUT2D eigenvalue weighted by Crippen LogP contribution is 2.66. The van der Waals surface area contributed by atoms with Gasteiger partial charge in [0.15, 0.2) is 5.60 Å². The number of aromatic nitrogens is 1. The maximum absolute atomic E-state index is 11.9. The fourth-order valence-corrected chi connectivity index (χ4v) is 4.88. The summed E-state index contributed by atoms with van der Waals surface area (Å²) in [6.07, 6.45) is 4.79. The highest BCUT2D eigenvalue weighted by Gasteiger charge is 2.68. The van der Waals surface area contributed by atoms with Crippen molar-refractivity contribution in [1.29, 1.82) is 5.26 Å². The van der Waals surface area contributed by atoms with Gasteiger partial charge in [-0.15, -0.1) is 0 Å². The lowest BCUT2D eigenvalue weighted by Gasteiger charge is -2.40. The predicted octanol–water partition coefficient (Wildman–Crippen LogP) is 3.61. The van der Waals surface area contributed by atoms with Gasteiger partial charge in [0.2, 0.25) is 0 Å².